The predicted molar refractivity (Wildman–Crippen MR) is 127 cm³/mol. The van der Waals surface area contributed by atoms with Gasteiger partial charge >= 0.3 is 0 Å². The average Bonchev–Trinajstić information content (AvgIpc) is 3.24. The number of aliphatic imine (C=N–C) groups is 1. The molecule has 3 rings (SSSR count). The molecule has 1 aliphatic heterocycles. The second-order valence-electron chi connectivity index (χ2n) is 6.98. The Morgan fingerprint density at radius 1 is 1.28 bits per heavy atom. The Morgan fingerprint density at radius 3 is 2.90 bits per heavy atom. The molecule has 0 bridgehead atoms. The maximum absolute atomic E-state index is 6.07. The van der Waals surface area contributed by atoms with Crippen LogP contribution in [-0.4, -0.2) is 43.9 Å². The van der Waals surface area contributed by atoms with Crippen LogP contribution in [0.5, 0.6) is 5.75 Å². The van der Waals surface area contributed by atoms with Crippen LogP contribution in [0.4, 0.5) is 0 Å². The van der Waals surface area contributed by atoms with E-state index in [1.807, 2.05) is 24.4 Å². The van der Waals surface area contributed by atoms with Crippen LogP contribution in [-0.2, 0) is 17.7 Å². The molecule has 1 aliphatic rings. The van der Waals surface area contributed by atoms with Crippen LogP contribution in [0.2, 0.25) is 0 Å². The molecule has 0 saturated carbocycles. The van der Waals surface area contributed by atoms with Crippen LogP contribution in [0, 0.1) is 6.92 Å². The first kappa shape index (κ1) is 23.4. The molecule has 2 N–H and O–H groups in total. The van der Waals surface area contributed by atoms with E-state index in [0.29, 0.717) is 13.2 Å². The van der Waals surface area contributed by atoms with Gasteiger partial charge in [-0.3, -0.25) is 9.98 Å². The summed E-state index contributed by atoms with van der Waals surface area (Å²) in [5, 5.41) is 6.70. The molecule has 1 aromatic heterocycles. The SMILES string of the molecule is CN=C(NCCc1ccccn1)NCc1ccc(C)cc1OCC1CCCO1.I. The topological polar surface area (TPSA) is 67.8 Å². The summed E-state index contributed by atoms with van der Waals surface area (Å²) < 4.78 is 11.7. The van der Waals surface area contributed by atoms with Gasteiger partial charge in [0.25, 0.3) is 0 Å². The highest BCUT2D eigenvalue weighted by molar-refractivity contribution is 14.0. The van der Waals surface area contributed by atoms with Crippen molar-refractivity contribution >= 4 is 29.9 Å². The van der Waals surface area contributed by atoms with Gasteiger partial charge in [0.2, 0.25) is 0 Å². The fourth-order valence-corrected chi connectivity index (χ4v) is 3.16. The first-order valence-electron chi connectivity index (χ1n) is 9.93. The van der Waals surface area contributed by atoms with Crippen molar-refractivity contribution in [3.05, 3.63) is 59.4 Å². The second-order valence-corrected chi connectivity index (χ2v) is 6.98. The van der Waals surface area contributed by atoms with Crippen LogP contribution in [0.3, 0.4) is 0 Å². The van der Waals surface area contributed by atoms with Crippen molar-refractivity contribution in [2.45, 2.75) is 38.8 Å². The van der Waals surface area contributed by atoms with E-state index in [-0.39, 0.29) is 30.1 Å². The summed E-state index contributed by atoms with van der Waals surface area (Å²) in [5.41, 5.74) is 3.36. The molecular weight excluding hydrogens is 479 g/mol. The molecule has 1 unspecified atom stereocenters. The number of aryl methyl sites for hydroxylation is 1. The van der Waals surface area contributed by atoms with Gasteiger partial charge in [0.15, 0.2) is 5.96 Å². The lowest BCUT2D eigenvalue weighted by molar-refractivity contribution is 0.0676. The van der Waals surface area contributed by atoms with E-state index in [4.69, 9.17) is 9.47 Å². The summed E-state index contributed by atoms with van der Waals surface area (Å²) in [6, 6.07) is 12.3. The van der Waals surface area contributed by atoms with Gasteiger partial charge in [-0.2, -0.15) is 0 Å². The molecule has 0 amide bonds. The second kappa shape index (κ2) is 12.6. The molecule has 0 radical (unpaired) electrons. The Hall–Kier alpha value is -1.87. The minimum Gasteiger partial charge on any atom is -0.491 e. The lowest BCUT2D eigenvalue weighted by Gasteiger charge is -2.17. The van der Waals surface area contributed by atoms with E-state index < -0.39 is 0 Å². The van der Waals surface area contributed by atoms with Gasteiger partial charge in [-0.25, -0.2) is 0 Å². The Kier molecular flexibility index (Phi) is 10.2. The number of nitrogens with one attached hydrogen (secondary N) is 2. The van der Waals surface area contributed by atoms with Crippen molar-refractivity contribution in [2.24, 2.45) is 4.99 Å². The molecular formula is C22H31IN4O2. The molecule has 0 aliphatic carbocycles. The average molecular weight is 510 g/mol. The quantitative estimate of drug-likeness (QED) is 0.324. The summed E-state index contributed by atoms with van der Waals surface area (Å²) in [4.78, 5) is 8.64. The number of benzene rings is 1. The van der Waals surface area contributed by atoms with E-state index in [1.165, 1.54) is 5.56 Å². The van der Waals surface area contributed by atoms with E-state index in [0.717, 1.165) is 55.4 Å². The molecule has 7 heteroatoms. The Labute approximate surface area is 190 Å². The number of pyridine rings is 1. The number of nitrogens with zero attached hydrogens (tertiary/aromatic N) is 2. The molecule has 1 aromatic carbocycles. The third-order valence-corrected chi connectivity index (χ3v) is 4.74. The Bertz CT molecular complexity index is 765. The standard InChI is InChI=1S/C22H30N4O2.HI/c1-17-8-9-18(21(14-17)28-16-20-7-5-13-27-20)15-26-22(23-2)25-12-10-19-6-3-4-11-24-19;/h3-4,6,8-9,11,14,20H,5,7,10,12-13,15-16H2,1-2H3,(H2,23,25,26);1H. The van der Waals surface area contributed by atoms with Gasteiger partial charge < -0.3 is 20.1 Å². The Morgan fingerprint density at radius 2 is 2.17 bits per heavy atom. The number of aromatic nitrogens is 1. The van der Waals surface area contributed by atoms with Crippen molar-refractivity contribution in [3.63, 3.8) is 0 Å². The fourth-order valence-electron chi connectivity index (χ4n) is 3.16. The highest BCUT2D eigenvalue weighted by Crippen LogP contribution is 2.22. The summed E-state index contributed by atoms with van der Waals surface area (Å²) in [7, 11) is 1.78. The fraction of sp³-hybridized carbons (Fsp3) is 0.455. The molecule has 158 valence electrons. The summed E-state index contributed by atoms with van der Waals surface area (Å²) >= 11 is 0. The first-order chi connectivity index (χ1) is 13.7. The minimum atomic E-state index is 0. The smallest absolute Gasteiger partial charge is 0.191 e. The number of rotatable bonds is 8. The van der Waals surface area contributed by atoms with E-state index in [2.05, 4.69) is 45.7 Å². The van der Waals surface area contributed by atoms with Crippen LogP contribution in [0.25, 0.3) is 0 Å². The van der Waals surface area contributed by atoms with Crippen molar-refractivity contribution in [1.29, 1.82) is 0 Å². The molecule has 6 nitrogen and oxygen atoms in total. The highest BCUT2D eigenvalue weighted by Gasteiger charge is 2.17. The van der Waals surface area contributed by atoms with Gasteiger partial charge in [-0.15, -0.1) is 24.0 Å². The van der Waals surface area contributed by atoms with Crippen molar-refractivity contribution < 1.29 is 9.47 Å². The maximum atomic E-state index is 6.07. The number of hydrogen-bond acceptors (Lipinski definition) is 4. The highest BCUT2D eigenvalue weighted by atomic mass is 127. The summed E-state index contributed by atoms with van der Waals surface area (Å²) in [5.74, 6) is 1.67. The summed E-state index contributed by atoms with van der Waals surface area (Å²) in [6.45, 7) is 4.94. The zero-order valence-electron chi connectivity index (χ0n) is 17.2. The first-order valence-corrected chi connectivity index (χ1v) is 9.93. The van der Waals surface area contributed by atoms with Crippen molar-refractivity contribution in [1.82, 2.24) is 15.6 Å². The third kappa shape index (κ3) is 7.81. The van der Waals surface area contributed by atoms with E-state index >= 15 is 0 Å². The van der Waals surface area contributed by atoms with Gasteiger partial charge in [0.1, 0.15) is 12.4 Å². The largest absolute Gasteiger partial charge is 0.491 e. The molecule has 0 spiro atoms. The normalized spacial score (nSPS) is 16.2. The molecule has 2 heterocycles. The van der Waals surface area contributed by atoms with Gasteiger partial charge in [-0.05, 0) is 43.5 Å². The molecule has 29 heavy (non-hydrogen) atoms. The number of hydrogen-bond donors (Lipinski definition) is 2. The third-order valence-electron chi connectivity index (χ3n) is 4.74. The Balaban J connectivity index is 0.00000300. The molecule has 2 aromatic rings. The van der Waals surface area contributed by atoms with Gasteiger partial charge in [0.05, 0.1) is 6.10 Å². The predicted octanol–water partition coefficient (Wildman–Crippen LogP) is 3.47. The van der Waals surface area contributed by atoms with Crippen LogP contribution in [0.1, 0.15) is 29.7 Å². The van der Waals surface area contributed by atoms with Crippen LogP contribution in [0.15, 0.2) is 47.6 Å². The molecule has 1 fully saturated rings. The number of ether oxygens (including phenoxy) is 2. The zero-order chi connectivity index (χ0) is 19.6. The van der Waals surface area contributed by atoms with E-state index in [1.54, 1.807) is 7.05 Å². The van der Waals surface area contributed by atoms with Gasteiger partial charge in [-0.1, -0.05) is 18.2 Å². The van der Waals surface area contributed by atoms with Crippen LogP contribution < -0.4 is 15.4 Å². The summed E-state index contributed by atoms with van der Waals surface area (Å²) in [6.07, 6.45) is 5.07. The van der Waals surface area contributed by atoms with Crippen molar-refractivity contribution in [3.8, 4) is 5.75 Å². The molecule has 1 saturated heterocycles. The van der Waals surface area contributed by atoms with Crippen LogP contribution >= 0.6 is 24.0 Å². The zero-order valence-corrected chi connectivity index (χ0v) is 19.5. The van der Waals surface area contributed by atoms with Crippen molar-refractivity contribution in [2.75, 3.05) is 26.8 Å². The lowest BCUT2D eigenvalue weighted by Crippen LogP contribution is -2.38. The van der Waals surface area contributed by atoms with Gasteiger partial charge in [0, 0.05) is 50.6 Å². The monoisotopic (exact) mass is 510 g/mol. The maximum Gasteiger partial charge on any atom is 0.191 e. The number of halogens is 1. The molecule has 1 atom stereocenters. The number of guanidine groups is 1. The van der Waals surface area contributed by atoms with E-state index in [9.17, 15) is 0 Å². The lowest BCUT2D eigenvalue weighted by atomic mass is 10.1. The minimum absolute atomic E-state index is 0.